The zero-order valence-electron chi connectivity index (χ0n) is 20.5. The first kappa shape index (κ1) is 24.9. The number of likely N-dealkylation sites (N-methyl/N-ethyl adjacent to an activating group) is 1. The van der Waals surface area contributed by atoms with E-state index in [2.05, 4.69) is 10.3 Å². The van der Waals surface area contributed by atoms with Crippen LogP contribution in [0.15, 0.2) is 72.9 Å². The van der Waals surface area contributed by atoms with Crippen molar-refractivity contribution in [2.24, 2.45) is 0 Å². The van der Waals surface area contributed by atoms with Crippen molar-refractivity contribution in [1.29, 1.82) is 0 Å². The number of amides is 2. The number of halogens is 1. The Kier molecular flexibility index (Phi) is 7.59. The van der Waals surface area contributed by atoms with Crippen molar-refractivity contribution in [2.45, 2.75) is 26.7 Å². The average Bonchev–Trinajstić information content (AvgIpc) is 2.88. The normalized spacial score (nSPS) is 10.8. The van der Waals surface area contributed by atoms with Crippen LogP contribution >= 0.6 is 0 Å². The molecule has 0 spiro atoms. The molecule has 6 nitrogen and oxygen atoms in total. The van der Waals surface area contributed by atoms with Crippen LogP contribution in [0.25, 0.3) is 10.9 Å². The van der Waals surface area contributed by atoms with Crippen molar-refractivity contribution in [2.75, 3.05) is 18.5 Å². The van der Waals surface area contributed by atoms with Crippen LogP contribution in [0, 0.1) is 12.7 Å². The molecule has 3 aromatic carbocycles. The van der Waals surface area contributed by atoms with Gasteiger partial charge in [0, 0.05) is 36.4 Å². The van der Waals surface area contributed by atoms with E-state index in [1.165, 1.54) is 12.1 Å². The van der Waals surface area contributed by atoms with Crippen LogP contribution in [0.3, 0.4) is 0 Å². The summed E-state index contributed by atoms with van der Waals surface area (Å²) in [6, 6.07) is 18.5. The number of carbonyl (C=O) groups is 2. The standard InChI is InChI=1S/C29H28FN3O3/c1-4-14-32-29(35)24-18-25-26(16-19(24)2)31-15-13-27(25)36-23-11-9-22(10-12-23)33(3)28(34)17-20-5-7-21(30)8-6-20/h5-13,15-16,18H,4,14,17H2,1-3H3,(H,32,35). The van der Waals surface area contributed by atoms with E-state index < -0.39 is 0 Å². The fourth-order valence-electron chi connectivity index (χ4n) is 3.84. The number of hydrogen-bond donors (Lipinski definition) is 1. The highest BCUT2D eigenvalue weighted by Gasteiger charge is 2.15. The summed E-state index contributed by atoms with van der Waals surface area (Å²) >= 11 is 0. The number of ether oxygens (including phenoxy) is 1. The number of rotatable bonds is 8. The summed E-state index contributed by atoms with van der Waals surface area (Å²) in [5.41, 5.74) is 3.62. The largest absolute Gasteiger partial charge is 0.457 e. The van der Waals surface area contributed by atoms with Gasteiger partial charge in [-0.1, -0.05) is 19.1 Å². The van der Waals surface area contributed by atoms with Gasteiger partial charge in [-0.05, 0) is 79.1 Å². The van der Waals surface area contributed by atoms with Crippen LogP contribution in [-0.2, 0) is 11.2 Å². The number of nitrogens with zero attached hydrogens (tertiary/aromatic N) is 2. The zero-order valence-corrected chi connectivity index (χ0v) is 20.5. The molecule has 4 rings (SSSR count). The Labute approximate surface area is 209 Å². The number of fused-ring (bicyclic) bond motifs is 1. The van der Waals surface area contributed by atoms with E-state index in [9.17, 15) is 14.0 Å². The summed E-state index contributed by atoms with van der Waals surface area (Å²) in [4.78, 5) is 31.2. The lowest BCUT2D eigenvalue weighted by Crippen LogP contribution is -2.27. The number of benzene rings is 3. The molecule has 1 aromatic heterocycles. The van der Waals surface area contributed by atoms with E-state index in [0.717, 1.165) is 28.5 Å². The topological polar surface area (TPSA) is 71.5 Å². The van der Waals surface area contributed by atoms with Crippen molar-refractivity contribution in [1.82, 2.24) is 10.3 Å². The highest BCUT2D eigenvalue weighted by molar-refractivity contribution is 6.00. The number of anilines is 1. The number of aryl methyl sites for hydroxylation is 1. The first-order chi connectivity index (χ1) is 17.4. The fourth-order valence-corrected chi connectivity index (χ4v) is 3.84. The summed E-state index contributed by atoms with van der Waals surface area (Å²) in [6.45, 7) is 4.51. The predicted octanol–water partition coefficient (Wildman–Crippen LogP) is 5.82. The monoisotopic (exact) mass is 485 g/mol. The summed E-state index contributed by atoms with van der Waals surface area (Å²) in [7, 11) is 1.70. The first-order valence-electron chi connectivity index (χ1n) is 11.8. The van der Waals surface area contributed by atoms with E-state index in [1.54, 1.807) is 60.6 Å². The molecule has 0 unspecified atom stereocenters. The molecular formula is C29H28FN3O3. The third kappa shape index (κ3) is 5.68. The van der Waals surface area contributed by atoms with Crippen molar-refractivity contribution in [3.8, 4) is 11.5 Å². The number of pyridine rings is 1. The van der Waals surface area contributed by atoms with Crippen LogP contribution in [0.5, 0.6) is 11.5 Å². The highest BCUT2D eigenvalue weighted by atomic mass is 19.1. The maximum absolute atomic E-state index is 13.1. The Bertz CT molecular complexity index is 1390. The summed E-state index contributed by atoms with van der Waals surface area (Å²) in [6.07, 6.45) is 2.70. The molecule has 0 fully saturated rings. The number of carbonyl (C=O) groups excluding carboxylic acids is 2. The Morgan fingerprint density at radius 3 is 2.44 bits per heavy atom. The van der Waals surface area contributed by atoms with Gasteiger partial charge in [-0.3, -0.25) is 14.6 Å². The second-order valence-electron chi connectivity index (χ2n) is 8.60. The molecule has 0 aliphatic heterocycles. The van der Waals surface area contributed by atoms with Crippen molar-refractivity contribution in [3.05, 3.63) is 95.4 Å². The third-order valence-electron chi connectivity index (χ3n) is 5.92. The molecule has 0 aliphatic carbocycles. The van der Waals surface area contributed by atoms with Gasteiger partial charge in [-0.25, -0.2) is 4.39 Å². The molecule has 2 amide bonds. The molecule has 0 saturated carbocycles. The first-order valence-corrected chi connectivity index (χ1v) is 11.8. The average molecular weight is 486 g/mol. The molecule has 0 bridgehead atoms. The van der Waals surface area contributed by atoms with E-state index in [0.29, 0.717) is 29.3 Å². The van der Waals surface area contributed by atoms with Gasteiger partial charge in [0.2, 0.25) is 5.91 Å². The Morgan fingerprint density at radius 1 is 1.03 bits per heavy atom. The third-order valence-corrected chi connectivity index (χ3v) is 5.92. The molecule has 4 aromatic rings. The van der Waals surface area contributed by atoms with Crippen molar-refractivity contribution in [3.63, 3.8) is 0 Å². The second kappa shape index (κ2) is 11.0. The maximum atomic E-state index is 13.1. The van der Waals surface area contributed by atoms with Crippen LogP contribution in [0.2, 0.25) is 0 Å². The van der Waals surface area contributed by atoms with Gasteiger partial charge in [0.25, 0.3) is 5.91 Å². The zero-order chi connectivity index (χ0) is 25.7. The highest BCUT2D eigenvalue weighted by Crippen LogP contribution is 2.31. The molecule has 0 atom stereocenters. The lowest BCUT2D eigenvalue weighted by molar-refractivity contribution is -0.117. The van der Waals surface area contributed by atoms with Gasteiger partial charge in [0.1, 0.15) is 17.3 Å². The minimum absolute atomic E-state index is 0.111. The number of nitrogens with one attached hydrogen (secondary N) is 1. The van der Waals surface area contributed by atoms with E-state index in [1.807, 2.05) is 26.0 Å². The molecule has 0 saturated heterocycles. The van der Waals surface area contributed by atoms with Gasteiger partial charge >= 0.3 is 0 Å². The van der Waals surface area contributed by atoms with Gasteiger partial charge in [-0.2, -0.15) is 0 Å². The van der Waals surface area contributed by atoms with Crippen LogP contribution in [0.4, 0.5) is 10.1 Å². The van der Waals surface area contributed by atoms with E-state index in [-0.39, 0.29) is 24.1 Å². The van der Waals surface area contributed by atoms with Crippen molar-refractivity contribution >= 4 is 28.4 Å². The lowest BCUT2D eigenvalue weighted by atomic mass is 10.0. The Morgan fingerprint density at radius 2 is 1.75 bits per heavy atom. The molecular weight excluding hydrogens is 457 g/mol. The lowest BCUT2D eigenvalue weighted by Gasteiger charge is -2.18. The van der Waals surface area contributed by atoms with Crippen LogP contribution in [0.1, 0.15) is 34.8 Å². The van der Waals surface area contributed by atoms with Gasteiger partial charge < -0.3 is 15.0 Å². The quantitative estimate of drug-likeness (QED) is 0.341. The number of hydrogen-bond acceptors (Lipinski definition) is 4. The number of aromatic nitrogens is 1. The summed E-state index contributed by atoms with van der Waals surface area (Å²) in [5, 5.41) is 3.65. The minimum Gasteiger partial charge on any atom is -0.457 e. The van der Waals surface area contributed by atoms with Crippen molar-refractivity contribution < 1.29 is 18.7 Å². The van der Waals surface area contributed by atoms with E-state index in [4.69, 9.17) is 4.74 Å². The molecule has 1 N–H and O–H groups in total. The smallest absolute Gasteiger partial charge is 0.251 e. The summed E-state index contributed by atoms with van der Waals surface area (Å²) in [5.74, 6) is 0.605. The predicted molar refractivity (Wildman–Crippen MR) is 139 cm³/mol. The summed E-state index contributed by atoms with van der Waals surface area (Å²) < 4.78 is 19.3. The van der Waals surface area contributed by atoms with E-state index >= 15 is 0 Å². The SMILES string of the molecule is CCCNC(=O)c1cc2c(Oc3ccc(N(C)C(=O)Cc4ccc(F)cc4)cc3)ccnc2cc1C. The maximum Gasteiger partial charge on any atom is 0.251 e. The molecule has 1 heterocycles. The molecule has 0 aliphatic rings. The molecule has 184 valence electrons. The molecule has 7 heteroatoms. The Hall–Kier alpha value is -4.26. The van der Waals surface area contributed by atoms with Gasteiger partial charge in [-0.15, -0.1) is 0 Å². The minimum atomic E-state index is -0.330. The van der Waals surface area contributed by atoms with Crippen LogP contribution in [-0.4, -0.2) is 30.4 Å². The molecule has 0 radical (unpaired) electrons. The second-order valence-corrected chi connectivity index (χ2v) is 8.60. The Balaban J connectivity index is 1.51. The van der Waals surface area contributed by atoms with Crippen LogP contribution < -0.4 is 15.0 Å². The van der Waals surface area contributed by atoms with Gasteiger partial charge in [0.15, 0.2) is 0 Å². The van der Waals surface area contributed by atoms with Gasteiger partial charge in [0.05, 0.1) is 11.9 Å². The fraction of sp³-hybridized carbons (Fsp3) is 0.207. The molecule has 36 heavy (non-hydrogen) atoms.